The standard InChI is InChI=1S/2C66H51N/c1-65(2)61-21-12-11-20-57(61)58-37-30-53(41-62(58)65)49-28-34-55(35-29-49)67(54-32-26-48(27-33-54)51-19-13-18-50(40-51)45-16-9-6-10-17-45)56-36-39-60-59-38-31-52(42-63(59)66(3,4)64(60)43-56)47-24-22-46(23-25-47)44-14-7-5-8-15-44;1-65(2)61-18-12-11-17-57(61)58-38-31-53(41-62(58)65)51-29-35-55(36-30-51)67(54-33-27-49(28-34-54)48-21-19-46(20-22-48)44-13-7-5-8-14-44)56-37-40-60-59-39-32-52(42-63(59)66(3,4)64(60)43-56)50-25-23-47(24-26-50)45-15-9-6-10-16-45/h2*5-43H,1-4H3. The minimum Gasteiger partial charge on any atom is -0.310 e. The number of nitrogens with zero attached hydrogens (tertiary/aromatic N) is 2. The van der Waals surface area contributed by atoms with Gasteiger partial charge in [-0.2, -0.15) is 0 Å². The van der Waals surface area contributed by atoms with Crippen LogP contribution in [0.1, 0.15) is 99.9 Å². The smallest absolute Gasteiger partial charge is 0.0465 e. The Morgan fingerprint density at radius 2 is 0.269 bits per heavy atom. The van der Waals surface area contributed by atoms with E-state index in [1.54, 1.807) is 0 Å². The molecule has 2 heteroatoms. The Labute approximate surface area is 788 Å². The molecule has 0 saturated heterocycles. The van der Waals surface area contributed by atoms with E-state index in [2.05, 4.69) is 538 Å². The second kappa shape index (κ2) is 33.1. The Kier molecular flexibility index (Phi) is 20.4. The van der Waals surface area contributed by atoms with Gasteiger partial charge in [0, 0.05) is 55.8 Å². The minimum atomic E-state index is -0.204. The lowest BCUT2D eigenvalue weighted by Gasteiger charge is -2.28. The van der Waals surface area contributed by atoms with Crippen LogP contribution < -0.4 is 9.80 Å². The topological polar surface area (TPSA) is 6.48 Å². The molecule has 0 saturated carbocycles. The third-order valence-electron chi connectivity index (χ3n) is 29.5. The van der Waals surface area contributed by atoms with Crippen molar-refractivity contribution in [2.45, 2.75) is 77.0 Å². The van der Waals surface area contributed by atoms with E-state index in [4.69, 9.17) is 0 Å². The van der Waals surface area contributed by atoms with Crippen LogP contribution in [0.3, 0.4) is 0 Å². The van der Waals surface area contributed by atoms with E-state index in [1.165, 1.54) is 200 Å². The predicted octanol–water partition coefficient (Wildman–Crippen LogP) is 36.2. The normalized spacial score (nSPS) is 13.6. The van der Waals surface area contributed by atoms with Crippen LogP contribution in [0.4, 0.5) is 34.1 Å². The summed E-state index contributed by atoms with van der Waals surface area (Å²) >= 11 is 0. The first kappa shape index (κ1) is 82.4. The highest BCUT2D eigenvalue weighted by atomic mass is 15.1. The van der Waals surface area contributed by atoms with E-state index >= 15 is 0 Å². The summed E-state index contributed by atoms with van der Waals surface area (Å²) in [6, 6.07) is 175. The number of hydrogen-bond donors (Lipinski definition) is 0. The third-order valence-corrected chi connectivity index (χ3v) is 29.5. The Balaban J connectivity index is 0.000000151. The quantitative estimate of drug-likeness (QED) is 0.0951. The van der Waals surface area contributed by atoms with E-state index < -0.39 is 0 Å². The second-order valence-corrected chi connectivity index (χ2v) is 38.7. The van der Waals surface area contributed by atoms with Gasteiger partial charge in [-0.1, -0.05) is 425 Å². The largest absolute Gasteiger partial charge is 0.310 e. The SMILES string of the molecule is CC1(C)c2ccccc2-c2ccc(-c3ccc(N(c4ccc(-c5ccc(-c6ccccc6)cc5)cc4)c4ccc5c(c4)C(C)(C)c4cc(-c6ccc(-c7ccccc7)cc6)ccc4-5)cc3)cc21.CC1(C)c2ccccc2-c2ccc(-c3ccc(N(c4ccc(-c5cccc(-c6ccccc6)c5)cc4)c4ccc5c(c4)C(C)(C)c4cc(-c6ccc(-c7ccccc7)cc6)ccc4-5)cc3)cc21. The van der Waals surface area contributed by atoms with Crippen LogP contribution in [0.2, 0.25) is 0 Å². The number of benzene rings is 20. The Bertz CT molecular complexity index is 7860. The molecule has 0 fully saturated rings. The van der Waals surface area contributed by atoms with Crippen LogP contribution in [0.5, 0.6) is 0 Å². The monoisotopic (exact) mass is 1710 g/mol. The van der Waals surface area contributed by atoms with Crippen molar-refractivity contribution in [1.29, 1.82) is 0 Å². The summed E-state index contributed by atoms with van der Waals surface area (Å²) in [5.41, 5.74) is 52.3. The first-order valence-corrected chi connectivity index (χ1v) is 47.1. The van der Waals surface area contributed by atoms with Crippen molar-refractivity contribution in [3.8, 4) is 156 Å². The molecule has 0 bridgehead atoms. The predicted molar refractivity (Wildman–Crippen MR) is 567 cm³/mol. The fourth-order valence-corrected chi connectivity index (χ4v) is 21.9. The number of fused-ring (bicyclic) bond motifs is 12. The molecule has 0 aliphatic heterocycles. The van der Waals surface area contributed by atoms with Gasteiger partial charge >= 0.3 is 0 Å². The van der Waals surface area contributed by atoms with Crippen LogP contribution in [0.15, 0.2) is 473 Å². The molecule has 0 unspecified atom stereocenters. The summed E-state index contributed by atoms with van der Waals surface area (Å²) in [7, 11) is 0. The summed E-state index contributed by atoms with van der Waals surface area (Å²) < 4.78 is 0. The lowest BCUT2D eigenvalue weighted by atomic mass is 9.81. The molecule has 4 aliphatic carbocycles. The van der Waals surface area contributed by atoms with Gasteiger partial charge in [0.2, 0.25) is 0 Å². The van der Waals surface area contributed by atoms with Crippen LogP contribution in [-0.2, 0) is 21.7 Å². The fraction of sp³-hybridized carbons (Fsp3) is 0.0909. The summed E-state index contributed by atoms with van der Waals surface area (Å²) in [6.45, 7) is 19.0. The summed E-state index contributed by atoms with van der Waals surface area (Å²) in [5.74, 6) is 0. The average molecular weight is 1720 g/mol. The molecular formula is C132H102N2. The highest BCUT2D eigenvalue weighted by molar-refractivity contribution is 5.93. The lowest BCUT2D eigenvalue weighted by molar-refractivity contribution is 0.660. The molecule has 0 N–H and O–H groups in total. The first-order chi connectivity index (χ1) is 65.4. The molecule has 0 aromatic heterocycles. The molecule has 0 amide bonds. The van der Waals surface area contributed by atoms with Crippen molar-refractivity contribution in [1.82, 2.24) is 0 Å². The van der Waals surface area contributed by atoms with Gasteiger partial charge in [0.1, 0.15) is 0 Å². The van der Waals surface area contributed by atoms with Crippen molar-refractivity contribution < 1.29 is 0 Å². The molecule has 640 valence electrons. The molecular weight excluding hydrogens is 1610 g/mol. The van der Waals surface area contributed by atoms with Gasteiger partial charge in [0.25, 0.3) is 0 Å². The van der Waals surface area contributed by atoms with Crippen molar-refractivity contribution in [3.05, 3.63) is 518 Å². The molecule has 4 aliphatic rings. The van der Waals surface area contributed by atoms with Crippen LogP contribution in [0.25, 0.3) is 156 Å². The van der Waals surface area contributed by atoms with Gasteiger partial charge in [-0.15, -0.1) is 0 Å². The number of anilines is 6. The van der Waals surface area contributed by atoms with Crippen molar-refractivity contribution in [3.63, 3.8) is 0 Å². The highest BCUT2D eigenvalue weighted by Crippen LogP contribution is 2.57. The van der Waals surface area contributed by atoms with Crippen molar-refractivity contribution >= 4 is 34.1 Å². The second-order valence-electron chi connectivity index (χ2n) is 38.7. The van der Waals surface area contributed by atoms with E-state index in [-0.39, 0.29) is 21.7 Å². The van der Waals surface area contributed by atoms with Crippen molar-refractivity contribution in [2.24, 2.45) is 0 Å². The molecule has 24 rings (SSSR count). The Morgan fingerprint density at radius 1 is 0.112 bits per heavy atom. The lowest BCUT2D eigenvalue weighted by Crippen LogP contribution is -2.16. The molecule has 20 aromatic rings. The van der Waals surface area contributed by atoms with Gasteiger partial charge in [-0.25, -0.2) is 0 Å². The van der Waals surface area contributed by atoms with Gasteiger partial charge in [-0.05, 0) is 303 Å². The average Bonchev–Trinajstić information content (AvgIpc) is 1.58. The summed E-state index contributed by atoms with van der Waals surface area (Å²) in [5, 5.41) is 0. The van der Waals surface area contributed by atoms with E-state index in [9.17, 15) is 0 Å². The van der Waals surface area contributed by atoms with E-state index in [1.807, 2.05) is 0 Å². The maximum atomic E-state index is 2.44. The zero-order valence-electron chi connectivity index (χ0n) is 76.9. The minimum absolute atomic E-state index is 0.0501. The molecule has 0 spiro atoms. The number of hydrogen-bond acceptors (Lipinski definition) is 2. The van der Waals surface area contributed by atoms with Crippen LogP contribution >= 0.6 is 0 Å². The van der Waals surface area contributed by atoms with Gasteiger partial charge in [-0.3, -0.25) is 0 Å². The molecule has 0 heterocycles. The zero-order chi connectivity index (χ0) is 90.6. The van der Waals surface area contributed by atoms with E-state index in [0.717, 1.165) is 34.1 Å². The summed E-state index contributed by atoms with van der Waals surface area (Å²) in [6.07, 6.45) is 0. The fourth-order valence-electron chi connectivity index (χ4n) is 21.9. The Morgan fingerprint density at radius 3 is 0.530 bits per heavy atom. The molecule has 0 atom stereocenters. The molecule has 134 heavy (non-hydrogen) atoms. The summed E-state index contributed by atoms with van der Waals surface area (Å²) in [4.78, 5) is 4.85. The molecule has 0 radical (unpaired) electrons. The van der Waals surface area contributed by atoms with Crippen LogP contribution in [-0.4, -0.2) is 0 Å². The number of rotatable bonds is 16. The maximum Gasteiger partial charge on any atom is 0.0465 e. The first-order valence-electron chi connectivity index (χ1n) is 47.1. The molecule has 20 aromatic carbocycles. The van der Waals surface area contributed by atoms with Crippen molar-refractivity contribution in [2.75, 3.05) is 9.80 Å². The third kappa shape index (κ3) is 14.6. The zero-order valence-corrected chi connectivity index (χ0v) is 76.9. The molecule has 2 nitrogen and oxygen atoms in total. The van der Waals surface area contributed by atoms with Gasteiger partial charge < -0.3 is 9.80 Å². The van der Waals surface area contributed by atoms with Gasteiger partial charge in [0.05, 0.1) is 0 Å². The maximum absolute atomic E-state index is 2.44. The highest BCUT2D eigenvalue weighted by Gasteiger charge is 2.41. The van der Waals surface area contributed by atoms with Crippen LogP contribution in [0, 0.1) is 0 Å². The Hall–Kier alpha value is -16.0. The van der Waals surface area contributed by atoms with E-state index in [0.29, 0.717) is 0 Å². The van der Waals surface area contributed by atoms with Gasteiger partial charge in [0.15, 0.2) is 0 Å².